The number of benzene rings is 1. The molecule has 0 unspecified atom stereocenters. The van der Waals surface area contributed by atoms with Gasteiger partial charge in [0, 0.05) is 0 Å². The number of nitrogens with one attached hydrogen (secondary N) is 1. The molecule has 0 aliphatic heterocycles. The fraction of sp³-hybridized carbons (Fsp3) is 0.467. The molecule has 122 valence electrons. The summed E-state index contributed by atoms with van der Waals surface area (Å²) in [5, 5.41) is 4.21. The van der Waals surface area contributed by atoms with Gasteiger partial charge in [0.15, 0.2) is 11.5 Å². The lowest BCUT2D eigenvalue weighted by Gasteiger charge is -2.18. The molecule has 7 heteroatoms. The van der Waals surface area contributed by atoms with Crippen LogP contribution in [0.5, 0.6) is 11.5 Å². The SMILES string of the molecule is CCOc1cc(/C=N\NC(=O)OC(C)(C)C)cc(Cl)c1OC. The van der Waals surface area contributed by atoms with E-state index in [9.17, 15) is 4.79 Å². The molecule has 0 fully saturated rings. The van der Waals surface area contributed by atoms with Crippen molar-refractivity contribution in [3.63, 3.8) is 0 Å². The van der Waals surface area contributed by atoms with Gasteiger partial charge in [-0.15, -0.1) is 0 Å². The van der Waals surface area contributed by atoms with E-state index in [1.54, 1.807) is 32.9 Å². The van der Waals surface area contributed by atoms with Crippen LogP contribution in [-0.4, -0.2) is 31.6 Å². The largest absolute Gasteiger partial charge is 0.491 e. The minimum atomic E-state index is -0.631. The lowest BCUT2D eigenvalue weighted by Crippen LogP contribution is -2.29. The molecule has 0 aliphatic rings. The smallest absolute Gasteiger partial charge is 0.428 e. The molecule has 0 bridgehead atoms. The first-order valence-corrected chi connectivity index (χ1v) is 7.17. The van der Waals surface area contributed by atoms with Crippen molar-refractivity contribution in [1.82, 2.24) is 5.43 Å². The third-order valence-corrected chi connectivity index (χ3v) is 2.58. The van der Waals surface area contributed by atoms with Gasteiger partial charge in [-0.05, 0) is 45.4 Å². The lowest BCUT2D eigenvalue weighted by molar-refractivity contribution is 0.0529. The number of ether oxygens (including phenoxy) is 3. The van der Waals surface area contributed by atoms with E-state index in [4.69, 9.17) is 25.8 Å². The van der Waals surface area contributed by atoms with Crippen molar-refractivity contribution in [1.29, 1.82) is 0 Å². The number of methoxy groups -OCH3 is 1. The first kappa shape index (κ1) is 18.1. The maximum atomic E-state index is 11.5. The van der Waals surface area contributed by atoms with Crippen LogP contribution in [0.2, 0.25) is 5.02 Å². The molecule has 0 saturated carbocycles. The van der Waals surface area contributed by atoms with Crippen LogP contribution in [0.25, 0.3) is 0 Å². The summed E-state index contributed by atoms with van der Waals surface area (Å²) in [7, 11) is 1.52. The molecule has 0 atom stereocenters. The van der Waals surface area contributed by atoms with Gasteiger partial charge in [-0.3, -0.25) is 0 Å². The number of rotatable bonds is 5. The van der Waals surface area contributed by atoms with Crippen LogP contribution in [0.4, 0.5) is 4.79 Å². The van der Waals surface area contributed by atoms with Gasteiger partial charge < -0.3 is 14.2 Å². The van der Waals surface area contributed by atoms with Crippen molar-refractivity contribution in [3.8, 4) is 11.5 Å². The van der Waals surface area contributed by atoms with Crippen molar-refractivity contribution in [2.45, 2.75) is 33.3 Å². The van der Waals surface area contributed by atoms with Crippen molar-refractivity contribution in [2.75, 3.05) is 13.7 Å². The van der Waals surface area contributed by atoms with Crippen LogP contribution in [0, 0.1) is 0 Å². The molecule has 1 rings (SSSR count). The number of carbonyl (C=O) groups is 1. The van der Waals surface area contributed by atoms with E-state index in [0.717, 1.165) is 0 Å². The number of hydrogen-bond donors (Lipinski definition) is 1. The van der Waals surface area contributed by atoms with E-state index in [1.807, 2.05) is 6.92 Å². The highest BCUT2D eigenvalue weighted by molar-refractivity contribution is 6.32. The molecule has 22 heavy (non-hydrogen) atoms. The summed E-state index contributed by atoms with van der Waals surface area (Å²) in [5.74, 6) is 0.969. The Balaban J connectivity index is 2.81. The third-order valence-electron chi connectivity index (χ3n) is 2.30. The zero-order valence-electron chi connectivity index (χ0n) is 13.4. The molecule has 0 aromatic heterocycles. The van der Waals surface area contributed by atoms with Crippen LogP contribution < -0.4 is 14.9 Å². The molecule has 1 amide bonds. The minimum absolute atomic E-state index is 0.396. The Kier molecular flexibility index (Phi) is 6.49. The van der Waals surface area contributed by atoms with Crippen LogP contribution in [0.15, 0.2) is 17.2 Å². The first-order valence-electron chi connectivity index (χ1n) is 6.79. The Labute approximate surface area is 135 Å². The lowest BCUT2D eigenvalue weighted by atomic mass is 10.2. The normalized spacial score (nSPS) is 11.4. The molecule has 0 aliphatic carbocycles. The fourth-order valence-electron chi connectivity index (χ4n) is 1.58. The van der Waals surface area contributed by atoms with Crippen LogP contribution in [0.1, 0.15) is 33.3 Å². The third kappa shape index (κ3) is 5.81. The highest BCUT2D eigenvalue weighted by Crippen LogP contribution is 2.35. The predicted octanol–water partition coefficient (Wildman–Crippen LogP) is 3.61. The minimum Gasteiger partial charge on any atom is -0.491 e. The predicted molar refractivity (Wildman–Crippen MR) is 86.1 cm³/mol. The average Bonchev–Trinajstić information content (AvgIpc) is 2.36. The summed E-state index contributed by atoms with van der Waals surface area (Å²) >= 11 is 6.12. The van der Waals surface area contributed by atoms with Gasteiger partial charge in [-0.1, -0.05) is 11.6 Å². The second-order valence-electron chi connectivity index (χ2n) is 5.34. The maximum Gasteiger partial charge on any atom is 0.428 e. The summed E-state index contributed by atoms with van der Waals surface area (Å²) < 4.78 is 15.7. The van der Waals surface area contributed by atoms with Gasteiger partial charge in [-0.25, -0.2) is 10.2 Å². The van der Waals surface area contributed by atoms with Crippen molar-refractivity contribution >= 4 is 23.9 Å². The summed E-state index contributed by atoms with van der Waals surface area (Å²) in [6.07, 6.45) is 0.811. The zero-order valence-corrected chi connectivity index (χ0v) is 14.2. The summed E-state index contributed by atoms with van der Waals surface area (Å²) in [4.78, 5) is 11.5. The van der Waals surface area contributed by atoms with E-state index >= 15 is 0 Å². The van der Waals surface area contributed by atoms with E-state index < -0.39 is 11.7 Å². The van der Waals surface area contributed by atoms with Gasteiger partial charge in [-0.2, -0.15) is 5.10 Å². The van der Waals surface area contributed by atoms with Gasteiger partial charge >= 0.3 is 6.09 Å². The number of halogens is 1. The Morgan fingerprint density at radius 2 is 2.09 bits per heavy atom. The van der Waals surface area contributed by atoms with E-state index in [1.165, 1.54) is 13.3 Å². The molecular formula is C15H21ClN2O4. The first-order chi connectivity index (χ1) is 10.3. The average molecular weight is 329 g/mol. The zero-order chi connectivity index (χ0) is 16.8. The summed E-state index contributed by atoms with van der Waals surface area (Å²) in [5.41, 5.74) is 2.36. The van der Waals surface area contributed by atoms with Crippen molar-refractivity contribution < 1.29 is 19.0 Å². The van der Waals surface area contributed by atoms with E-state index in [-0.39, 0.29) is 0 Å². The Morgan fingerprint density at radius 1 is 1.41 bits per heavy atom. The number of hydrazone groups is 1. The molecule has 1 N–H and O–H groups in total. The molecule has 0 heterocycles. The number of amides is 1. The van der Waals surface area contributed by atoms with Crippen molar-refractivity contribution in [3.05, 3.63) is 22.7 Å². The van der Waals surface area contributed by atoms with E-state index in [0.29, 0.717) is 28.7 Å². The monoisotopic (exact) mass is 328 g/mol. The van der Waals surface area contributed by atoms with Gasteiger partial charge in [0.2, 0.25) is 0 Å². The fourth-order valence-corrected chi connectivity index (χ4v) is 1.88. The number of carbonyl (C=O) groups excluding carboxylic acids is 1. The molecule has 0 radical (unpaired) electrons. The Hall–Kier alpha value is -1.95. The topological polar surface area (TPSA) is 69.2 Å². The van der Waals surface area contributed by atoms with Crippen molar-refractivity contribution in [2.24, 2.45) is 5.10 Å². The maximum absolute atomic E-state index is 11.5. The Morgan fingerprint density at radius 3 is 2.64 bits per heavy atom. The molecule has 0 saturated heterocycles. The van der Waals surface area contributed by atoms with Gasteiger partial charge in [0.05, 0.1) is 25.0 Å². The van der Waals surface area contributed by atoms with Gasteiger partial charge in [0.1, 0.15) is 5.60 Å². The van der Waals surface area contributed by atoms with Crippen LogP contribution in [-0.2, 0) is 4.74 Å². The summed E-state index contributed by atoms with van der Waals surface area (Å²) in [6.45, 7) is 7.65. The highest BCUT2D eigenvalue weighted by atomic mass is 35.5. The van der Waals surface area contributed by atoms with Gasteiger partial charge in [0.25, 0.3) is 0 Å². The standard InChI is InChI=1S/C15H21ClN2O4/c1-6-21-12-8-10(7-11(16)13(12)20-5)9-17-18-14(19)22-15(2,3)4/h7-9H,6H2,1-5H3,(H,18,19)/b17-9-. The highest BCUT2D eigenvalue weighted by Gasteiger charge is 2.15. The molecule has 1 aromatic rings. The van der Waals surface area contributed by atoms with Crippen LogP contribution >= 0.6 is 11.6 Å². The number of nitrogens with zero attached hydrogens (tertiary/aromatic N) is 1. The quantitative estimate of drug-likeness (QED) is 0.662. The Bertz CT molecular complexity index is 553. The van der Waals surface area contributed by atoms with E-state index in [2.05, 4.69) is 10.5 Å². The molecule has 0 spiro atoms. The molecular weight excluding hydrogens is 308 g/mol. The number of hydrogen-bond acceptors (Lipinski definition) is 5. The molecule has 6 nitrogen and oxygen atoms in total. The second kappa shape index (κ2) is 7.89. The van der Waals surface area contributed by atoms with Crippen LogP contribution in [0.3, 0.4) is 0 Å². The second-order valence-corrected chi connectivity index (χ2v) is 5.75. The summed E-state index contributed by atoms with van der Waals surface area (Å²) in [6, 6.07) is 3.37. The molecule has 1 aromatic carbocycles.